The van der Waals surface area contributed by atoms with E-state index in [0.29, 0.717) is 5.69 Å². The molecule has 1 rings (SSSR count). The number of H-pyrrole nitrogens is 1. The zero-order valence-electron chi connectivity index (χ0n) is 6.37. The number of aryl methyl sites for hydroxylation is 1. The number of nitrogens with zero attached hydrogens (tertiary/aromatic N) is 1. The van der Waals surface area contributed by atoms with Crippen LogP contribution in [0.4, 0.5) is 13.2 Å². The third kappa shape index (κ3) is 1.58. The third-order valence-corrected chi connectivity index (χ3v) is 1.45. The van der Waals surface area contributed by atoms with Crippen LogP contribution in [0.2, 0.25) is 0 Å². The Kier molecular flexibility index (Phi) is 2.10. The normalized spacial score (nSPS) is 12.1. The highest BCUT2D eigenvalue weighted by molar-refractivity contribution is 5.13. The maximum atomic E-state index is 12.0. The summed E-state index contributed by atoms with van der Waals surface area (Å²) in [5, 5.41) is 0. The second-order valence-electron chi connectivity index (χ2n) is 2.36. The van der Waals surface area contributed by atoms with Gasteiger partial charge < -0.3 is 10.7 Å². The first kappa shape index (κ1) is 9.05. The van der Waals surface area contributed by atoms with E-state index in [9.17, 15) is 13.2 Å². The van der Waals surface area contributed by atoms with Crippen LogP contribution in [0.5, 0.6) is 0 Å². The van der Waals surface area contributed by atoms with E-state index < -0.39 is 12.0 Å². The Morgan fingerprint density at radius 1 is 1.50 bits per heavy atom. The molecule has 1 aromatic rings. The van der Waals surface area contributed by atoms with Gasteiger partial charge in [-0.1, -0.05) is 0 Å². The predicted octanol–water partition coefficient (Wildman–Crippen LogP) is 1.20. The topological polar surface area (TPSA) is 54.7 Å². The van der Waals surface area contributed by atoms with Crippen molar-refractivity contribution in [3.63, 3.8) is 0 Å². The van der Waals surface area contributed by atoms with Crippen LogP contribution in [0, 0.1) is 6.92 Å². The Bertz CT molecular complexity index is 276. The van der Waals surface area contributed by atoms with Gasteiger partial charge in [-0.05, 0) is 6.92 Å². The molecule has 3 N–H and O–H groups in total. The lowest BCUT2D eigenvalue weighted by molar-refractivity contribution is -0.144. The SMILES string of the molecule is Cc1[nH]c(C(F)(F)F)nc1CN. The summed E-state index contributed by atoms with van der Waals surface area (Å²) < 4.78 is 35.9. The lowest BCUT2D eigenvalue weighted by atomic mass is 10.3. The monoisotopic (exact) mass is 179 g/mol. The van der Waals surface area contributed by atoms with E-state index >= 15 is 0 Å². The second-order valence-corrected chi connectivity index (χ2v) is 2.36. The first-order valence-corrected chi connectivity index (χ1v) is 3.28. The molecule has 0 aromatic carbocycles. The van der Waals surface area contributed by atoms with E-state index in [-0.39, 0.29) is 12.2 Å². The molecule has 0 saturated heterocycles. The van der Waals surface area contributed by atoms with Gasteiger partial charge in [-0.2, -0.15) is 13.2 Å². The summed E-state index contributed by atoms with van der Waals surface area (Å²) in [5.74, 6) is -0.986. The zero-order valence-corrected chi connectivity index (χ0v) is 6.37. The van der Waals surface area contributed by atoms with Gasteiger partial charge in [0.1, 0.15) is 0 Å². The first-order chi connectivity index (χ1) is 5.45. The minimum absolute atomic E-state index is 0.0123. The van der Waals surface area contributed by atoms with Crippen LogP contribution in [0.1, 0.15) is 17.2 Å². The molecule has 0 unspecified atom stereocenters. The number of nitrogens with one attached hydrogen (secondary N) is 1. The van der Waals surface area contributed by atoms with Crippen LogP contribution >= 0.6 is 0 Å². The van der Waals surface area contributed by atoms with Gasteiger partial charge in [0, 0.05) is 12.2 Å². The van der Waals surface area contributed by atoms with Crippen molar-refractivity contribution in [2.24, 2.45) is 5.73 Å². The summed E-state index contributed by atoms with van der Waals surface area (Å²) >= 11 is 0. The molecule has 12 heavy (non-hydrogen) atoms. The quantitative estimate of drug-likeness (QED) is 0.680. The molecule has 1 heterocycles. The van der Waals surface area contributed by atoms with E-state index in [2.05, 4.69) is 9.97 Å². The molecule has 68 valence electrons. The average molecular weight is 179 g/mol. The number of rotatable bonds is 1. The number of halogens is 3. The standard InChI is InChI=1S/C6H8F3N3/c1-3-4(2-10)12-5(11-3)6(7,8)9/h2,10H2,1H3,(H,11,12). The smallest absolute Gasteiger partial charge is 0.338 e. The average Bonchev–Trinajstić information content (AvgIpc) is 2.29. The molecule has 0 saturated carbocycles. The highest BCUT2D eigenvalue weighted by atomic mass is 19.4. The van der Waals surface area contributed by atoms with Gasteiger partial charge >= 0.3 is 6.18 Å². The Morgan fingerprint density at radius 3 is 2.33 bits per heavy atom. The van der Waals surface area contributed by atoms with Crippen molar-refractivity contribution in [2.75, 3.05) is 0 Å². The summed E-state index contributed by atoms with van der Waals surface area (Å²) in [5.41, 5.74) is 5.78. The number of aromatic amines is 1. The minimum atomic E-state index is -4.42. The summed E-state index contributed by atoms with van der Waals surface area (Å²) in [6.07, 6.45) is -4.42. The largest absolute Gasteiger partial charge is 0.449 e. The fourth-order valence-corrected chi connectivity index (χ4v) is 0.830. The number of hydrogen-bond acceptors (Lipinski definition) is 2. The maximum Gasteiger partial charge on any atom is 0.449 e. The Hall–Kier alpha value is -1.04. The fraction of sp³-hybridized carbons (Fsp3) is 0.500. The molecule has 0 spiro atoms. The highest BCUT2D eigenvalue weighted by Gasteiger charge is 2.34. The Morgan fingerprint density at radius 2 is 2.08 bits per heavy atom. The van der Waals surface area contributed by atoms with Gasteiger partial charge in [-0.3, -0.25) is 0 Å². The van der Waals surface area contributed by atoms with Crippen molar-refractivity contribution < 1.29 is 13.2 Å². The second kappa shape index (κ2) is 2.78. The third-order valence-electron chi connectivity index (χ3n) is 1.45. The van der Waals surface area contributed by atoms with E-state index in [1.807, 2.05) is 0 Å². The number of hydrogen-bond donors (Lipinski definition) is 2. The molecular formula is C6H8F3N3. The molecule has 0 atom stereocenters. The Labute approximate surface area is 66.8 Å². The lowest BCUT2D eigenvalue weighted by Crippen LogP contribution is -2.07. The molecule has 0 bridgehead atoms. The van der Waals surface area contributed by atoms with Gasteiger partial charge in [-0.25, -0.2) is 4.98 Å². The number of imidazole rings is 1. The molecule has 0 aliphatic carbocycles. The summed E-state index contributed by atoms with van der Waals surface area (Å²) in [7, 11) is 0. The molecule has 0 fully saturated rings. The van der Waals surface area contributed by atoms with Crippen molar-refractivity contribution >= 4 is 0 Å². The summed E-state index contributed by atoms with van der Waals surface area (Å²) in [6.45, 7) is 1.52. The van der Waals surface area contributed by atoms with Crippen molar-refractivity contribution in [2.45, 2.75) is 19.6 Å². The van der Waals surface area contributed by atoms with Crippen molar-refractivity contribution in [1.29, 1.82) is 0 Å². The molecule has 0 aliphatic rings. The number of nitrogens with two attached hydrogens (primary N) is 1. The van der Waals surface area contributed by atoms with Crippen LogP contribution in [-0.4, -0.2) is 9.97 Å². The van der Waals surface area contributed by atoms with Crippen molar-refractivity contribution in [3.05, 3.63) is 17.2 Å². The van der Waals surface area contributed by atoms with Crippen LogP contribution in [0.15, 0.2) is 0 Å². The lowest BCUT2D eigenvalue weighted by Gasteiger charge is -1.99. The van der Waals surface area contributed by atoms with Crippen LogP contribution in [0.25, 0.3) is 0 Å². The molecule has 3 nitrogen and oxygen atoms in total. The van der Waals surface area contributed by atoms with Crippen molar-refractivity contribution in [1.82, 2.24) is 9.97 Å². The number of aromatic nitrogens is 2. The van der Waals surface area contributed by atoms with Crippen molar-refractivity contribution in [3.8, 4) is 0 Å². The molecule has 1 aromatic heterocycles. The van der Waals surface area contributed by atoms with Gasteiger partial charge in [-0.15, -0.1) is 0 Å². The first-order valence-electron chi connectivity index (χ1n) is 3.28. The Balaban J connectivity index is 3.05. The van der Waals surface area contributed by atoms with E-state index in [1.54, 1.807) is 0 Å². The van der Waals surface area contributed by atoms with Crippen LogP contribution in [-0.2, 0) is 12.7 Å². The van der Waals surface area contributed by atoms with Gasteiger partial charge in [0.05, 0.1) is 5.69 Å². The molecule has 0 radical (unpaired) electrons. The summed E-state index contributed by atoms with van der Waals surface area (Å²) in [4.78, 5) is 5.41. The molecule has 6 heteroatoms. The maximum absolute atomic E-state index is 12.0. The highest BCUT2D eigenvalue weighted by Crippen LogP contribution is 2.27. The zero-order chi connectivity index (χ0) is 9.35. The molecule has 0 aliphatic heterocycles. The fourth-order valence-electron chi connectivity index (χ4n) is 0.830. The van der Waals surface area contributed by atoms with E-state index in [4.69, 9.17) is 5.73 Å². The van der Waals surface area contributed by atoms with E-state index in [0.717, 1.165) is 0 Å². The van der Waals surface area contributed by atoms with Gasteiger partial charge in [0.2, 0.25) is 5.82 Å². The predicted molar refractivity (Wildman–Crippen MR) is 36.2 cm³/mol. The van der Waals surface area contributed by atoms with Crippen LogP contribution < -0.4 is 5.73 Å². The minimum Gasteiger partial charge on any atom is -0.338 e. The van der Waals surface area contributed by atoms with Crippen LogP contribution in [0.3, 0.4) is 0 Å². The molecular weight excluding hydrogens is 171 g/mol. The van der Waals surface area contributed by atoms with E-state index in [1.165, 1.54) is 6.92 Å². The van der Waals surface area contributed by atoms with Gasteiger partial charge in [0.25, 0.3) is 0 Å². The number of alkyl halides is 3. The van der Waals surface area contributed by atoms with Gasteiger partial charge in [0.15, 0.2) is 0 Å². The molecule has 0 amide bonds. The summed E-state index contributed by atoms with van der Waals surface area (Å²) in [6, 6.07) is 0.